The average molecular weight is 369 g/mol. The summed E-state index contributed by atoms with van der Waals surface area (Å²) in [5.41, 5.74) is 3.80. The molecule has 2 heterocycles. The van der Waals surface area contributed by atoms with Crippen LogP contribution in [0, 0.1) is 17.1 Å². The van der Waals surface area contributed by atoms with Gasteiger partial charge in [0.25, 0.3) is 0 Å². The van der Waals surface area contributed by atoms with Gasteiger partial charge in [-0.25, -0.2) is 4.39 Å². The third kappa shape index (κ3) is 3.19. The molecule has 0 unspecified atom stereocenters. The van der Waals surface area contributed by atoms with Gasteiger partial charge in [0.1, 0.15) is 16.9 Å². The van der Waals surface area contributed by atoms with Crippen LogP contribution < -0.4 is 10.2 Å². The van der Waals surface area contributed by atoms with E-state index in [0.29, 0.717) is 23.5 Å². The van der Waals surface area contributed by atoms with Crippen molar-refractivity contribution >= 4 is 27.9 Å². The van der Waals surface area contributed by atoms with Gasteiger partial charge in [0.05, 0.1) is 5.56 Å². The van der Waals surface area contributed by atoms with Crippen molar-refractivity contribution in [2.45, 2.75) is 38.5 Å². The van der Waals surface area contributed by atoms with Crippen LogP contribution in [0.1, 0.15) is 40.8 Å². The number of carbonyl (C=O) groups is 1. The number of anilines is 2. The van der Waals surface area contributed by atoms with Crippen LogP contribution >= 0.6 is 11.3 Å². The Morgan fingerprint density at radius 1 is 1.31 bits per heavy atom. The zero-order valence-corrected chi connectivity index (χ0v) is 15.3. The highest BCUT2D eigenvalue weighted by Crippen LogP contribution is 2.38. The number of thiophene rings is 1. The fourth-order valence-corrected chi connectivity index (χ4v) is 5.15. The minimum Gasteiger partial charge on any atom is -0.371 e. The summed E-state index contributed by atoms with van der Waals surface area (Å²) in [4.78, 5) is 15.7. The van der Waals surface area contributed by atoms with E-state index < -0.39 is 0 Å². The number of amides is 1. The van der Waals surface area contributed by atoms with E-state index in [-0.39, 0.29) is 11.7 Å². The summed E-state index contributed by atoms with van der Waals surface area (Å²) in [5, 5.41) is 13.0. The normalized spacial score (nSPS) is 15.3. The van der Waals surface area contributed by atoms with Gasteiger partial charge in [-0.3, -0.25) is 4.79 Å². The number of benzene rings is 1. The second-order valence-corrected chi connectivity index (χ2v) is 7.94. The number of fused-ring (bicyclic) bond motifs is 2. The molecule has 2 aliphatic rings. The van der Waals surface area contributed by atoms with Gasteiger partial charge in [-0.1, -0.05) is 6.07 Å². The van der Waals surface area contributed by atoms with Crippen LogP contribution in [0.2, 0.25) is 0 Å². The van der Waals surface area contributed by atoms with Gasteiger partial charge in [-0.2, -0.15) is 5.26 Å². The Hall–Kier alpha value is -2.39. The van der Waals surface area contributed by atoms with E-state index in [9.17, 15) is 14.4 Å². The molecule has 4 rings (SSSR count). The van der Waals surface area contributed by atoms with Crippen LogP contribution in [0.3, 0.4) is 0 Å². The average Bonchev–Trinajstić information content (AvgIpc) is 3.20. The molecule has 1 N–H and O–H groups in total. The summed E-state index contributed by atoms with van der Waals surface area (Å²) in [7, 11) is 0. The Bertz CT molecular complexity index is 899. The zero-order valence-electron chi connectivity index (χ0n) is 14.5. The van der Waals surface area contributed by atoms with E-state index in [2.05, 4.69) is 16.3 Å². The maximum Gasteiger partial charge on any atom is 0.226 e. The fourth-order valence-electron chi connectivity index (χ4n) is 3.89. The lowest BCUT2D eigenvalue weighted by Gasteiger charge is -2.31. The molecule has 6 heteroatoms. The van der Waals surface area contributed by atoms with Crippen LogP contribution in [0.4, 0.5) is 15.1 Å². The minimum atomic E-state index is -0.244. The molecule has 0 saturated carbocycles. The number of nitriles is 1. The first-order valence-corrected chi connectivity index (χ1v) is 9.85. The lowest BCUT2D eigenvalue weighted by molar-refractivity contribution is -0.116. The topological polar surface area (TPSA) is 56.1 Å². The van der Waals surface area contributed by atoms with E-state index in [1.165, 1.54) is 22.3 Å². The standard InChI is InChI=1S/C20H20FN3OS/c21-14-7-6-13-3-2-9-24(17(13)11-14)10-8-19(25)23-20-16(12-22)15-4-1-5-18(15)26-20/h6-7,11H,1-5,8-10H2,(H,23,25). The Morgan fingerprint density at radius 3 is 3.04 bits per heavy atom. The second-order valence-electron chi connectivity index (χ2n) is 6.84. The number of nitrogens with zero attached hydrogens (tertiary/aromatic N) is 2. The fraction of sp³-hybridized carbons (Fsp3) is 0.400. The van der Waals surface area contributed by atoms with Crippen molar-refractivity contribution in [3.8, 4) is 6.07 Å². The molecule has 26 heavy (non-hydrogen) atoms. The largest absolute Gasteiger partial charge is 0.371 e. The molecule has 1 aliphatic heterocycles. The highest BCUT2D eigenvalue weighted by atomic mass is 32.1. The first-order chi connectivity index (χ1) is 12.7. The lowest BCUT2D eigenvalue weighted by atomic mass is 10.0. The molecule has 0 atom stereocenters. The van der Waals surface area contributed by atoms with Crippen molar-refractivity contribution in [2.75, 3.05) is 23.3 Å². The maximum atomic E-state index is 13.6. The number of aryl methyl sites for hydroxylation is 2. The minimum absolute atomic E-state index is 0.0926. The third-order valence-electron chi connectivity index (χ3n) is 5.16. The number of hydrogen-bond acceptors (Lipinski definition) is 4. The van der Waals surface area contributed by atoms with Crippen LogP contribution in [-0.4, -0.2) is 19.0 Å². The summed E-state index contributed by atoms with van der Waals surface area (Å²) in [6, 6.07) is 7.14. The van der Waals surface area contributed by atoms with Crippen molar-refractivity contribution in [2.24, 2.45) is 0 Å². The molecule has 2 aromatic rings. The van der Waals surface area contributed by atoms with Crippen molar-refractivity contribution in [1.82, 2.24) is 0 Å². The summed E-state index contributed by atoms with van der Waals surface area (Å²) < 4.78 is 13.6. The number of halogens is 1. The van der Waals surface area contributed by atoms with Gasteiger partial charge in [-0.15, -0.1) is 11.3 Å². The first-order valence-electron chi connectivity index (χ1n) is 9.03. The van der Waals surface area contributed by atoms with Crippen LogP contribution in [0.5, 0.6) is 0 Å². The van der Waals surface area contributed by atoms with E-state index in [1.807, 2.05) is 6.07 Å². The number of rotatable bonds is 4. The molecule has 1 amide bonds. The summed E-state index contributed by atoms with van der Waals surface area (Å²) in [6.07, 6.45) is 5.31. The molecular formula is C20H20FN3OS. The van der Waals surface area contributed by atoms with Gasteiger partial charge in [0, 0.05) is 30.1 Å². The molecule has 0 spiro atoms. The Kier molecular flexibility index (Phi) is 4.64. The van der Waals surface area contributed by atoms with Gasteiger partial charge in [0.2, 0.25) is 5.91 Å². The molecule has 0 bridgehead atoms. The van der Waals surface area contributed by atoms with E-state index in [4.69, 9.17) is 0 Å². The van der Waals surface area contributed by atoms with Crippen LogP contribution in [0.15, 0.2) is 18.2 Å². The van der Waals surface area contributed by atoms with Crippen LogP contribution in [-0.2, 0) is 24.1 Å². The van der Waals surface area contributed by atoms with E-state index >= 15 is 0 Å². The molecule has 1 aromatic heterocycles. The number of carbonyl (C=O) groups excluding carboxylic acids is 1. The second kappa shape index (κ2) is 7.08. The maximum absolute atomic E-state index is 13.6. The van der Waals surface area contributed by atoms with E-state index in [0.717, 1.165) is 55.5 Å². The molecule has 0 fully saturated rings. The summed E-state index contributed by atoms with van der Waals surface area (Å²) in [5.74, 6) is -0.336. The highest BCUT2D eigenvalue weighted by Gasteiger charge is 2.23. The molecular weight excluding hydrogens is 349 g/mol. The predicted octanol–water partition coefficient (Wildman–Crippen LogP) is 4.03. The smallest absolute Gasteiger partial charge is 0.226 e. The first kappa shape index (κ1) is 17.0. The SMILES string of the molecule is N#Cc1c(NC(=O)CCN2CCCc3ccc(F)cc32)sc2c1CCC2. The van der Waals surface area contributed by atoms with Crippen molar-refractivity contribution in [3.63, 3.8) is 0 Å². The van der Waals surface area contributed by atoms with Crippen LogP contribution in [0.25, 0.3) is 0 Å². The number of nitrogens with one attached hydrogen (secondary N) is 1. The quantitative estimate of drug-likeness (QED) is 0.885. The van der Waals surface area contributed by atoms with Gasteiger partial charge in [0.15, 0.2) is 0 Å². The molecule has 0 radical (unpaired) electrons. The number of hydrogen-bond donors (Lipinski definition) is 1. The lowest BCUT2D eigenvalue weighted by Crippen LogP contribution is -2.32. The molecule has 4 nitrogen and oxygen atoms in total. The molecule has 134 valence electrons. The molecule has 0 saturated heterocycles. The summed E-state index contributed by atoms with van der Waals surface area (Å²) in [6.45, 7) is 1.38. The highest BCUT2D eigenvalue weighted by molar-refractivity contribution is 7.16. The van der Waals surface area contributed by atoms with Gasteiger partial charge >= 0.3 is 0 Å². The molecule has 1 aromatic carbocycles. The monoisotopic (exact) mass is 369 g/mol. The van der Waals surface area contributed by atoms with Crippen molar-refractivity contribution < 1.29 is 9.18 Å². The third-order valence-corrected chi connectivity index (χ3v) is 6.36. The molecule has 1 aliphatic carbocycles. The Morgan fingerprint density at radius 2 is 2.19 bits per heavy atom. The predicted molar refractivity (Wildman–Crippen MR) is 101 cm³/mol. The Balaban J connectivity index is 1.42. The summed E-state index contributed by atoms with van der Waals surface area (Å²) >= 11 is 1.54. The Labute approximate surface area is 156 Å². The van der Waals surface area contributed by atoms with Crippen molar-refractivity contribution in [3.05, 3.63) is 45.6 Å². The zero-order chi connectivity index (χ0) is 18.1. The van der Waals surface area contributed by atoms with Crippen molar-refractivity contribution in [1.29, 1.82) is 5.26 Å². The van der Waals surface area contributed by atoms with E-state index in [1.54, 1.807) is 6.07 Å². The van der Waals surface area contributed by atoms with Gasteiger partial charge in [-0.05, 0) is 55.4 Å². The van der Waals surface area contributed by atoms with Gasteiger partial charge < -0.3 is 10.2 Å².